The van der Waals surface area contributed by atoms with Crippen LogP contribution in [0.15, 0.2) is 74.8 Å². The minimum atomic E-state index is -1.05. The number of rotatable bonds is 9. The Morgan fingerprint density at radius 2 is 1.78 bits per heavy atom. The van der Waals surface area contributed by atoms with E-state index in [0.717, 1.165) is 16.9 Å². The van der Waals surface area contributed by atoms with Crippen molar-refractivity contribution in [2.75, 3.05) is 7.11 Å². The number of ether oxygens (including phenoxy) is 2. The zero-order valence-corrected chi connectivity index (χ0v) is 20.6. The molecule has 1 unspecified atom stereocenters. The van der Waals surface area contributed by atoms with Crippen LogP contribution in [0.4, 0.5) is 0 Å². The zero-order chi connectivity index (χ0) is 23.1. The molecular formula is C24H21Br2NO5. The highest BCUT2D eigenvalue weighted by Gasteiger charge is 2.16. The van der Waals surface area contributed by atoms with Gasteiger partial charge in [0.1, 0.15) is 11.5 Å². The van der Waals surface area contributed by atoms with E-state index in [2.05, 4.69) is 37.0 Å². The molecule has 32 heavy (non-hydrogen) atoms. The molecule has 1 N–H and O–H groups in total. The van der Waals surface area contributed by atoms with E-state index < -0.39 is 12.1 Å². The van der Waals surface area contributed by atoms with E-state index in [1.807, 2.05) is 48.5 Å². The van der Waals surface area contributed by atoms with Gasteiger partial charge in [-0.05, 0) is 79.7 Å². The van der Waals surface area contributed by atoms with Crippen molar-refractivity contribution < 1.29 is 24.2 Å². The molecule has 0 amide bonds. The summed E-state index contributed by atoms with van der Waals surface area (Å²) in [5.41, 5.74) is 2.64. The van der Waals surface area contributed by atoms with Crippen LogP contribution in [-0.2, 0) is 9.63 Å². The molecule has 166 valence electrons. The number of carbonyl (C=O) groups is 1. The molecule has 0 aliphatic rings. The first-order valence-electron chi connectivity index (χ1n) is 9.75. The third-order valence-electron chi connectivity index (χ3n) is 4.53. The molecule has 6 nitrogen and oxygen atoms in total. The fourth-order valence-electron chi connectivity index (χ4n) is 2.92. The number of halogens is 2. The van der Waals surface area contributed by atoms with E-state index in [1.165, 1.54) is 6.21 Å². The summed E-state index contributed by atoms with van der Waals surface area (Å²) in [6, 6.07) is 19.2. The average Bonchev–Trinajstić information content (AvgIpc) is 2.79. The Labute approximate surface area is 203 Å². The number of methoxy groups -OCH3 is 1. The van der Waals surface area contributed by atoms with Gasteiger partial charge in [-0.15, -0.1) is 0 Å². The molecule has 0 spiro atoms. The summed E-state index contributed by atoms with van der Waals surface area (Å²) in [6.45, 7) is 1.72. The highest BCUT2D eigenvalue weighted by Crippen LogP contribution is 2.40. The minimum absolute atomic E-state index is 0.319. The van der Waals surface area contributed by atoms with E-state index >= 15 is 0 Å². The van der Waals surface area contributed by atoms with Crippen molar-refractivity contribution in [1.82, 2.24) is 0 Å². The predicted molar refractivity (Wildman–Crippen MR) is 131 cm³/mol. The van der Waals surface area contributed by atoms with Crippen molar-refractivity contribution in [2.45, 2.75) is 19.4 Å². The van der Waals surface area contributed by atoms with Gasteiger partial charge in [-0.2, -0.15) is 0 Å². The van der Waals surface area contributed by atoms with Crippen molar-refractivity contribution in [1.29, 1.82) is 0 Å². The van der Waals surface area contributed by atoms with Crippen LogP contribution < -0.4 is 9.47 Å². The van der Waals surface area contributed by atoms with Gasteiger partial charge < -0.3 is 19.4 Å². The van der Waals surface area contributed by atoms with E-state index in [1.54, 1.807) is 26.2 Å². The van der Waals surface area contributed by atoms with Crippen molar-refractivity contribution in [2.24, 2.45) is 5.16 Å². The van der Waals surface area contributed by atoms with Crippen molar-refractivity contribution >= 4 is 44.0 Å². The number of carboxylic acids is 1. The Morgan fingerprint density at radius 3 is 2.38 bits per heavy atom. The first-order chi connectivity index (χ1) is 15.4. The molecule has 3 aromatic carbocycles. The summed E-state index contributed by atoms with van der Waals surface area (Å²) in [5, 5.41) is 12.8. The minimum Gasteiger partial charge on any atom is -0.496 e. The number of aliphatic carboxylic acids is 1. The lowest BCUT2D eigenvalue weighted by Gasteiger charge is -2.14. The quantitative estimate of drug-likeness (QED) is 0.227. The summed E-state index contributed by atoms with van der Waals surface area (Å²) < 4.78 is 13.0. The van der Waals surface area contributed by atoms with Gasteiger partial charge in [0, 0.05) is 5.56 Å². The molecule has 0 saturated carbocycles. The molecule has 0 radical (unpaired) electrons. The fraction of sp³-hybridized carbons (Fsp3) is 0.167. The average molecular weight is 563 g/mol. The number of benzene rings is 3. The maximum atomic E-state index is 11.0. The Kier molecular flexibility index (Phi) is 8.30. The molecule has 3 aromatic rings. The lowest BCUT2D eigenvalue weighted by atomic mass is 10.0. The van der Waals surface area contributed by atoms with Crippen LogP contribution in [0.1, 0.15) is 18.9 Å². The molecule has 0 bridgehead atoms. The molecule has 0 heterocycles. The molecule has 8 heteroatoms. The number of oxime groups is 1. The first-order valence-corrected chi connectivity index (χ1v) is 11.3. The fourth-order valence-corrected chi connectivity index (χ4v) is 4.31. The molecule has 0 saturated heterocycles. The van der Waals surface area contributed by atoms with Crippen LogP contribution in [0.2, 0.25) is 0 Å². The highest BCUT2D eigenvalue weighted by atomic mass is 79.9. The topological polar surface area (TPSA) is 77.3 Å². The molecular weight excluding hydrogens is 542 g/mol. The van der Waals surface area contributed by atoms with E-state index in [-0.39, 0.29) is 0 Å². The molecule has 0 fully saturated rings. The molecule has 3 rings (SSSR count). The van der Waals surface area contributed by atoms with Crippen LogP contribution in [-0.4, -0.2) is 30.5 Å². The smallest absolute Gasteiger partial charge is 0.347 e. The highest BCUT2D eigenvalue weighted by molar-refractivity contribution is 9.11. The summed E-state index contributed by atoms with van der Waals surface area (Å²) in [4.78, 5) is 16.1. The zero-order valence-electron chi connectivity index (χ0n) is 17.4. The molecule has 1 atom stereocenters. The number of carboxylic acid groups (broad SMARTS) is 1. The van der Waals surface area contributed by atoms with Gasteiger partial charge in [0.25, 0.3) is 0 Å². The first kappa shape index (κ1) is 23.8. The van der Waals surface area contributed by atoms with Crippen molar-refractivity contribution in [3.63, 3.8) is 0 Å². The largest absolute Gasteiger partial charge is 0.496 e. The normalized spacial score (nSPS) is 11.9. The maximum absolute atomic E-state index is 11.0. The van der Waals surface area contributed by atoms with Crippen LogP contribution in [0.5, 0.6) is 17.2 Å². The third kappa shape index (κ3) is 5.89. The second-order valence-electron chi connectivity index (χ2n) is 6.72. The summed E-state index contributed by atoms with van der Waals surface area (Å²) in [5.74, 6) is 0.928. The van der Waals surface area contributed by atoms with Gasteiger partial charge in [0.05, 0.1) is 22.3 Å². The summed E-state index contributed by atoms with van der Waals surface area (Å²) in [6.07, 6.45) is 0.792. The van der Waals surface area contributed by atoms with Crippen LogP contribution in [0.3, 0.4) is 0 Å². The standard InChI is InChI=1S/C24H21Br2NO5/c1-3-21(24(28)29)32-27-14-15-11-19(25)23(20(26)12-15)31-17-9-10-22(30-2)18(13-17)16-7-5-4-6-8-16/h4-14,21H,3H2,1-2H3,(H,28,29). The monoisotopic (exact) mass is 561 g/mol. The van der Waals surface area contributed by atoms with Gasteiger partial charge in [0.15, 0.2) is 5.75 Å². The van der Waals surface area contributed by atoms with Crippen LogP contribution in [0, 0.1) is 0 Å². The Balaban J connectivity index is 1.83. The second-order valence-corrected chi connectivity index (χ2v) is 8.43. The van der Waals surface area contributed by atoms with Crippen molar-refractivity contribution in [3.05, 3.63) is 75.2 Å². The Bertz CT molecular complexity index is 1100. The van der Waals surface area contributed by atoms with E-state index in [0.29, 0.717) is 32.4 Å². The lowest BCUT2D eigenvalue weighted by molar-refractivity contribution is -0.150. The van der Waals surface area contributed by atoms with Gasteiger partial charge in [-0.1, -0.05) is 42.4 Å². The molecule has 0 aromatic heterocycles. The summed E-state index contributed by atoms with van der Waals surface area (Å²) in [7, 11) is 1.64. The Morgan fingerprint density at radius 1 is 1.09 bits per heavy atom. The van der Waals surface area contributed by atoms with Crippen LogP contribution >= 0.6 is 31.9 Å². The van der Waals surface area contributed by atoms with E-state index in [9.17, 15) is 4.79 Å². The molecule has 0 aliphatic heterocycles. The van der Waals surface area contributed by atoms with Gasteiger partial charge in [-0.3, -0.25) is 0 Å². The van der Waals surface area contributed by atoms with Gasteiger partial charge in [0.2, 0.25) is 6.10 Å². The lowest BCUT2D eigenvalue weighted by Crippen LogP contribution is -2.20. The van der Waals surface area contributed by atoms with Gasteiger partial charge >= 0.3 is 5.97 Å². The summed E-state index contributed by atoms with van der Waals surface area (Å²) >= 11 is 7.06. The second kappa shape index (κ2) is 11.2. The number of hydrogen-bond acceptors (Lipinski definition) is 5. The predicted octanol–water partition coefficient (Wildman–Crippen LogP) is 6.89. The number of nitrogens with zero attached hydrogens (tertiary/aromatic N) is 1. The van der Waals surface area contributed by atoms with Crippen LogP contribution in [0.25, 0.3) is 11.1 Å². The van der Waals surface area contributed by atoms with Crippen molar-refractivity contribution in [3.8, 4) is 28.4 Å². The third-order valence-corrected chi connectivity index (χ3v) is 5.71. The van der Waals surface area contributed by atoms with E-state index in [4.69, 9.17) is 19.4 Å². The van der Waals surface area contributed by atoms with Gasteiger partial charge in [-0.25, -0.2) is 4.79 Å². The Hall–Kier alpha value is -2.84. The maximum Gasteiger partial charge on any atom is 0.347 e. The number of hydrogen-bond donors (Lipinski definition) is 1. The SMILES string of the molecule is CCC(ON=Cc1cc(Br)c(Oc2ccc(OC)c(-c3ccccc3)c2)c(Br)c1)C(=O)O. The molecule has 0 aliphatic carbocycles.